The van der Waals surface area contributed by atoms with Gasteiger partial charge in [-0.25, -0.2) is 9.59 Å². The normalized spacial score (nSPS) is 14.5. The van der Waals surface area contributed by atoms with E-state index in [9.17, 15) is 19.5 Å². The molecular weight excluding hydrogens is 444 g/mol. The third-order valence-electron chi connectivity index (χ3n) is 7.28. The van der Waals surface area contributed by atoms with E-state index in [2.05, 4.69) is 22.8 Å². The van der Waals surface area contributed by atoms with Crippen molar-refractivity contribution >= 4 is 18.0 Å². The SMILES string of the molecule is CC(C)(C)[C@H](NC(=O)C(C)(C)C(C)(C)NC(=O)OCC1c2ccccc2-c2ccccc21)C(=O)O. The minimum absolute atomic E-state index is 0.0734. The summed E-state index contributed by atoms with van der Waals surface area (Å²) in [6.07, 6.45) is -0.636. The maximum absolute atomic E-state index is 13.1. The fourth-order valence-corrected chi connectivity index (χ4v) is 4.29. The summed E-state index contributed by atoms with van der Waals surface area (Å²) in [6, 6.07) is 15.1. The molecule has 0 spiro atoms. The molecule has 7 heteroatoms. The van der Waals surface area contributed by atoms with Crippen LogP contribution in [-0.2, 0) is 14.3 Å². The summed E-state index contributed by atoms with van der Waals surface area (Å²) in [7, 11) is 0. The summed E-state index contributed by atoms with van der Waals surface area (Å²) in [5, 5.41) is 15.0. The van der Waals surface area contributed by atoms with Crippen molar-refractivity contribution in [2.45, 2.75) is 66.0 Å². The number of carboxylic acid groups (broad SMARTS) is 1. The van der Waals surface area contributed by atoms with Crippen LogP contribution in [0.3, 0.4) is 0 Å². The molecule has 1 aliphatic carbocycles. The molecule has 2 amide bonds. The highest BCUT2D eigenvalue weighted by atomic mass is 16.5. The fraction of sp³-hybridized carbons (Fsp3) is 0.464. The second-order valence-electron chi connectivity index (χ2n) is 11.3. The standard InChI is InChI=1S/C28H36N2O5/c1-26(2,3)22(23(31)32)29-24(33)27(4,5)28(6,7)30-25(34)35-16-21-19-14-10-8-12-17(19)18-13-9-11-15-20(18)21/h8-15,21-22H,16H2,1-7H3,(H,29,33)(H,30,34)(H,31,32)/t22-/m1/s1. The van der Waals surface area contributed by atoms with Crippen molar-refractivity contribution in [2.75, 3.05) is 6.61 Å². The zero-order chi connectivity index (χ0) is 26.2. The average molecular weight is 481 g/mol. The van der Waals surface area contributed by atoms with Gasteiger partial charge in [0.2, 0.25) is 5.91 Å². The first-order valence-electron chi connectivity index (χ1n) is 11.8. The smallest absolute Gasteiger partial charge is 0.407 e. The molecule has 188 valence electrons. The second-order valence-corrected chi connectivity index (χ2v) is 11.3. The first-order valence-corrected chi connectivity index (χ1v) is 11.8. The van der Waals surface area contributed by atoms with E-state index in [0.717, 1.165) is 22.3 Å². The number of carboxylic acids is 1. The number of carbonyl (C=O) groups excluding carboxylic acids is 2. The Bertz CT molecular complexity index is 1080. The number of amides is 2. The summed E-state index contributed by atoms with van der Waals surface area (Å²) in [6.45, 7) is 12.2. The Balaban J connectivity index is 1.69. The number of aliphatic carboxylic acids is 1. The largest absolute Gasteiger partial charge is 0.480 e. The molecule has 1 atom stereocenters. The zero-order valence-corrected chi connectivity index (χ0v) is 21.6. The van der Waals surface area contributed by atoms with Gasteiger partial charge in [-0.3, -0.25) is 4.79 Å². The molecule has 0 heterocycles. The van der Waals surface area contributed by atoms with Gasteiger partial charge in [0.15, 0.2) is 0 Å². The van der Waals surface area contributed by atoms with Crippen molar-refractivity contribution in [2.24, 2.45) is 10.8 Å². The summed E-state index contributed by atoms with van der Waals surface area (Å²) in [5.41, 5.74) is 1.67. The Kier molecular flexibility index (Phi) is 7.02. The first kappa shape index (κ1) is 26.3. The lowest BCUT2D eigenvalue weighted by molar-refractivity contribution is -0.147. The van der Waals surface area contributed by atoms with E-state index < -0.39 is 40.4 Å². The summed E-state index contributed by atoms with van der Waals surface area (Å²) >= 11 is 0. The second kappa shape index (κ2) is 9.36. The number of ether oxygens (including phenoxy) is 1. The van der Waals surface area contributed by atoms with Crippen LogP contribution in [0.5, 0.6) is 0 Å². The van der Waals surface area contributed by atoms with E-state index in [0.29, 0.717) is 0 Å². The molecule has 0 bridgehead atoms. The van der Waals surface area contributed by atoms with E-state index >= 15 is 0 Å². The van der Waals surface area contributed by atoms with Crippen LogP contribution < -0.4 is 10.6 Å². The summed E-state index contributed by atoms with van der Waals surface area (Å²) < 4.78 is 5.65. The molecule has 3 N–H and O–H groups in total. The van der Waals surface area contributed by atoms with Gasteiger partial charge in [0.25, 0.3) is 0 Å². The van der Waals surface area contributed by atoms with Crippen LogP contribution in [0.4, 0.5) is 4.79 Å². The van der Waals surface area contributed by atoms with Crippen LogP contribution in [0.15, 0.2) is 48.5 Å². The van der Waals surface area contributed by atoms with Crippen molar-refractivity contribution in [1.82, 2.24) is 10.6 Å². The minimum atomic E-state index is -1.13. The zero-order valence-electron chi connectivity index (χ0n) is 21.6. The molecule has 35 heavy (non-hydrogen) atoms. The van der Waals surface area contributed by atoms with Crippen molar-refractivity contribution in [3.05, 3.63) is 59.7 Å². The number of hydrogen-bond donors (Lipinski definition) is 3. The molecule has 3 rings (SSSR count). The van der Waals surface area contributed by atoms with E-state index in [1.807, 2.05) is 36.4 Å². The number of hydrogen-bond acceptors (Lipinski definition) is 4. The highest BCUT2D eigenvalue weighted by Gasteiger charge is 2.47. The minimum Gasteiger partial charge on any atom is -0.480 e. The van der Waals surface area contributed by atoms with Gasteiger partial charge in [0, 0.05) is 5.92 Å². The van der Waals surface area contributed by atoms with Crippen molar-refractivity contribution in [3.63, 3.8) is 0 Å². The third-order valence-corrected chi connectivity index (χ3v) is 7.28. The Morgan fingerprint density at radius 3 is 1.83 bits per heavy atom. The molecule has 7 nitrogen and oxygen atoms in total. The first-order chi connectivity index (χ1) is 16.2. The van der Waals surface area contributed by atoms with E-state index in [4.69, 9.17) is 4.74 Å². The maximum atomic E-state index is 13.1. The van der Waals surface area contributed by atoms with Gasteiger partial charge in [-0.15, -0.1) is 0 Å². The number of rotatable bonds is 7. The topological polar surface area (TPSA) is 105 Å². The molecule has 0 saturated heterocycles. The van der Waals surface area contributed by atoms with Crippen molar-refractivity contribution in [3.8, 4) is 11.1 Å². The quantitative estimate of drug-likeness (QED) is 0.520. The van der Waals surface area contributed by atoms with Crippen LogP contribution >= 0.6 is 0 Å². The molecule has 0 aromatic heterocycles. The van der Waals surface area contributed by atoms with Crippen LogP contribution in [0.1, 0.15) is 65.5 Å². The van der Waals surface area contributed by atoms with Crippen LogP contribution in [0.2, 0.25) is 0 Å². The van der Waals surface area contributed by atoms with Gasteiger partial charge >= 0.3 is 12.1 Å². The Morgan fingerprint density at radius 2 is 1.37 bits per heavy atom. The Labute approximate surface area is 207 Å². The fourth-order valence-electron chi connectivity index (χ4n) is 4.29. The van der Waals surface area contributed by atoms with Crippen LogP contribution in [0.25, 0.3) is 11.1 Å². The molecule has 2 aromatic rings. The molecule has 0 saturated carbocycles. The molecule has 1 aliphatic rings. The van der Waals surface area contributed by atoms with Crippen molar-refractivity contribution in [1.29, 1.82) is 0 Å². The van der Waals surface area contributed by atoms with E-state index in [1.54, 1.807) is 48.5 Å². The highest BCUT2D eigenvalue weighted by molar-refractivity contribution is 5.89. The van der Waals surface area contributed by atoms with Gasteiger partial charge in [0.05, 0.1) is 11.0 Å². The summed E-state index contributed by atoms with van der Waals surface area (Å²) in [4.78, 5) is 37.7. The number of fused-ring (bicyclic) bond motifs is 3. The van der Waals surface area contributed by atoms with Crippen LogP contribution in [0, 0.1) is 10.8 Å². The van der Waals surface area contributed by atoms with E-state index in [-0.39, 0.29) is 12.5 Å². The predicted molar refractivity (Wildman–Crippen MR) is 135 cm³/mol. The van der Waals surface area contributed by atoms with Gasteiger partial charge < -0.3 is 20.5 Å². The highest BCUT2D eigenvalue weighted by Crippen LogP contribution is 2.44. The van der Waals surface area contributed by atoms with Crippen molar-refractivity contribution < 1.29 is 24.2 Å². The number of alkyl carbamates (subject to hydrolysis) is 1. The predicted octanol–water partition coefficient (Wildman–Crippen LogP) is 4.95. The molecule has 0 unspecified atom stereocenters. The van der Waals surface area contributed by atoms with Gasteiger partial charge in [-0.1, -0.05) is 69.3 Å². The third kappa shape index (κ3) is 5.19. The Hall–Kier alpha value is -3.35. The Morgan fingerprint density at radius 1 is 0.886 bits per heavy atom. The van der Waals surface area contributed by atoms with Crippen LogP contribution in [-0.4, -0.2) is 41.3 Å². The van der Waals surface area contributed by atoms with Gasteiger partial charge in [-0.2, -0.15) is 0 Å². The lowest BCUT2D eigenvalue weighted by Crippen LogP contribution is -2.62. The lowest BCUT2D eigenvalue weighted by atomic mass is 9.73. The number of benzene rings is 2. The average Bonchev–Trinajstić information content (AvgIpc) is 3.08. The monoisotopic (exact) mass is 480 g/mol. The van der Waals surface area contributed by atoms with Gasteiger partial charge in [0.1, 0.15) is 12.6 Å². The number of carbonyl (C=O) groups is 3. The lowest BCUT2D eigenvalue weighted by Gasteiger charge is -2.42. The molecule has 0 fully saturated rings. The molecular formula is C28H36N2O5. The van der Waals surface area contributed by atoms with E-state index in [1.165, 1.54) is 0 Å². The van der Waals surface area contributed by atoms with Gasteiger partial charge in [-0.05, 0) is 55.4 Å². The molecule has 0 aliphatic heterocycles. The molecule has 2 aromatic carbocycles. The summed E-state index contributed by atoms with van der Waals surface area (Å²) in [5.74, 6) is -1.65. The molecule has 0 radical (unpaired) electrons. The number of nitrogens with one attached hydrogen (secondary N) is 2. The maximum Gasteiger partial charge on any atom is 0.407 e.